The molecule has 2 amide bonds. The quantitative estimate of drug-likeness (QED) is 0.644. The Bertz CT molecular complexity index is 838. The fourth-order valence-electron chi connectivity index (χ4n) is 3.44. The number of piperazine rings is 1. The van der Waals surface area contributed by atoms with Crippen LogP contribution in [0, 0.1) is 0 Å². The van der Waals surface area contributed by atoms with Crippen LogP contribution >= 0.6 is 12.4 Å². The fraction of sp³-hybridized carbons (Fsp3) is 0.556. The lowest BCUT2D eigenvalue weighted by Crippen LogP contribution is -2.44. The zero-order valence-electron chi connectivity index (χ0n) is 16.1. The van der Waals surface area contributed by atoms with Gasteiger partial charge in [-0.25, -0.2) is 12.7 Å². The number of nitrogens with zero attached hydrogens (tertiary/aromatic N) is 2. The Morgan fingerprint density at radius 1 is 1.25 bits per heavy atom. The van der Waals surface area contributed by atoms with E-state index in [4.69, 9.17) is 0 Å². The predicted octanol–water partition coefficient (Wildman–Crippen LogP) is 0.686. The third-order valence-corrected chi connectivity index (χ3v) is 6.83. The van der Waals surface area contributed by atoms with Gasteiger partial charge in [0, 0.05) is 44.3 Å². The number of nitrogens with one attached hydrogen (secondary N) is 2. The van der Waals surface area contributed by atoms with E-state index in [1.165, 1.54) is 18.2 Å². The van der Waals surface area contributed by atoms with Crippen molar-refractivity contribution < 1.29 is 18.0 Å². The van der Waals surface area contributed by atoms with Crippen LogP contribution < -0.4 is 10.6 Å². The molecule has 1 aromatic carbocycles. The van der Waals surface area contributed by atoms with Crippen LogP contribution in [0.4, 0.5) is 0 Å². The van der Waals surface area contributed by atoms with Gasteiger partial charge in [-0.1, -0.05) is 0 Å². The highest BCUT2D eigenvalue weighted by molar-refractivity contribution is 7.90. The molecule has 2 aliphatic heterocycles. The third kappa shape index (κ3) is 4.48. The van der Waals surface area contributed by atoms with Gasteiger partial charge < -0.3 is 15.5 Å². The minimum absolute atomic E-state index is 0. The molecular weight excluding hydrogens is 404 g/mol. The van der Waals surface area contributed by atoms with Gasteiger partial charge in [-0.2, -0.15) is 0 Å². The predicted molar refractivity (Wildman–Crippen MR) is 108 cm³/mol. The van der Waals surface area contributed by atoms with Crippen LogP contribution in [0.1, 0.15) is 41.0 Å². The summed E-state index contributed by atoms with van der Waals surface area (Å²) in [5, 5.41) is 6.12. The minimum atomic E-state index is -3.90. The van der Waals surface area contributed by atoms with Crippen molar-refractivity contribution in [1.29, 1.82) is 0 Å². The zero-order valence-corrected chi connectivity index (χ0v) is 17.7. The molecule has 1 saturated heterocycles. The van der Waals surface area contributed by atoms with Gasteiger partial charge in [0.1, 0.15) is 4.90 Å². The maximum Gasteiger partial charge on any atom is 0.269 e. The number of carbonyl (C=O) groups excluding carboxylic acids is 2. The SMILES string of the molecule is CC(C)N1C(=O)c2ccc(C(=O)NCCCN3CCNCC3)cc2S1(=O)=O.Cl. The molecule has 0 bridgehead atoms. The number of hydrogen-bond donors (Lipinski definition) is 2. The summed E-state index contributed by atoms with van der Waals surface area (Å²) in [6, 6.07) is 3.75. The van der Waals surface area contributed by atoms with Gasteiger partial charge in [0.05, 0.1) is 5.56 Å². The van der Waals surface area contributed by atoms with E-state index in [-0.39, 0.29) is 34.3 Å². The molecule has 2 N–H and O–H groups in total. The number of carbonyl (C=O) groups is 2. The zero-order chi connectivity index (χ0) is 19.6. The Labute approximate surface area is 172 Å². The van der Waals surface area contributed by atoms with Crippen molar-refractivity contribution in [2.75, 3.05) is 39.3 Å². The molecule has 3 rings (SSSR count). The molecule has 2 heterocycles. The highest BCUT2D eigenvalue weighted by atomic mass is 35.5. The van der Waals surface area contributed by atoms with Crippen molar-refractivity contribution in [2.45, 2.75) is 31.2 Å². The molecule has 2 aliphatic rings. The molecule has 0 aliphatic carbocycles. The minimum Gasteiger partial charge on any atom is -0.352 e. The van der Waals surface area contributed by atoms with E-state index in [0.29, 0.717) is 6.54 Å². The molecule has 0 unspecified atom stereocenters. The molecule has 1 aromatic rings. The van der Waals surface area contributed by atoms with Gasteiger partial charge in [-0.05, 0) is 45.0 Å². The number of halogens is 1. The van der Waals surface area contributed by atoms with Gasteiger partial charge in [0.15, 0.2) is 0 Å². The van der Waals surface area contributed by atoms with Crippen LogP contribution in [0.3, 0.4) is 0 Å². The van der Waals surface area contributed by atoms with Crippen LogP contribution in [-0.2, 0) is 10.0 Å². The van der Waals surface area contributed by atoms with Gasteiger partial charge in [-0.15, -0.1) is 12.4 Å². The first kappa shape index (κ1) is 22.6. The average Bonchev–Trinajstić information content (AvgIpc) is 2.85. The Morgan fingerprint density at radius 3 is 2.57 bits per heavy atom. The Kier molecular flexibility index (Phi) is 7.44. The fourth-order valence-corrected chi connectivity index (χ4v) is 5.23. The summed E-state index contributed by atoms with van der Waals surface area (Å²) in [6.07, 6.45) is 0.828. The van der Waals surface area contributed by atoms with E-state index in [1.54, 1.807) is 13.8 Å². The first-order chi connectivity index (χ1) is 12.8. The number of amides is 2. The molecule has 8 nitrogen and oxygen atoms in total. The van der Waals surface area contributed by atoms with Crippen molar-refractivity contribution in [1.82, 2.24) is 19.8 Å². The summed E-state index contributed by atoms with van der Waals surface area (Å²) in [4.78, 5) is 27.0. The molecule has 156 valence electrons. The molecule has 1 fully saturated rings. The summed E-state index contributed by atoms with van der Waals surface area (Å²) in [5.41, 5.74) is 0.372. The molecule has 28 heavy (non-hydrogen) atoms. The maximum absolute atomic E-state index is 12.6. The molecule has 0 radical (unpaired) electrons. The third-order valence-electron chi connectivity index (χ3n) is 4.83. The van der Waals surface area contributed by atoms with Crippen molar-refractivity contribution in [3.8, 4) is 0 Å². The smallest absolute Gasteiger partial charge is 0.269 e. The largest absolute Gasteiger partial charge is 0.352 e. The van der Waals surface area contributed by atoms with Gasteiger partial charge in [-0.3, -0.25) is 9.59 Å². The first-order valence-corrected chi connectivity index (χ1v) is 10.7. The molecule has 10 heteroatoms. The molecule has 0 spiro atoms. The second-order valence-corrected chi connectivity index (χ2v) is 8.90. The molecule has 0 aromatic heterocycles. The van der Waals surface area contributed by atoms with Crippen LogP contribution in [-0.4, -0.2) is 74.7 Å². The highest BCUT2D eigenvalue weighted by Crippen LogP contribution is 2.32. The Hall–Kier alpha value is -1.68. The van der Waals surface area contributed by atoms with Crippen molar-refractivity contribution in [2.24, 2.45) is 0 Å². The van der Waals surface area contributed by atoms with Crippen LogP contribution in [0.2, 0.25) is 0 Å². The van der Waals surface area contributed by atoms with Crippen molar-refractivity contribution in [3.63, 3.8) is 0 Å². The number of rotatable bonds is 6. The van der Waals surface area contributed by atoms with E-state index in [1.807, 2.05) is 0 Å². The molecular formula is C18H27ClN4O4S. The van der Waals surface area contributed by atoms with Crippen LogP contribution in [0.5, 0.6) is 0 Å². The normalized spacial score (nSPS) is 18.7. The monoisotopic (exact) mass is 430 g/mol. The highest BCUT2D eigenvalue weighted by Gasteiger charge is 2.42. The van der Waals surface area contributed by atoms with Crippen LogP contribution in [0.15, 0.2) is 23.1 Å². The van der Waals surface area contributed by atoms with Crippen LogP contribution in [0.25, 0.3) is 0 Å². The summed E-state index contributed by atoms with van der Waals surface area (Å²) in [6.45, 7) is 8.72. The van der Waals surface area contributed by atoms with E-state index < -0.39 is 22.0 Å². The molecule has 0 atom stereocenters. The number of hydrogen-bond acceptors (Lipinski definition) is 6. The van der Waals surface area contributed by atoms with Gasteiger partial charge in [0.25, 0.3) is 21.8 Å². The van der Waals surface area contributed by atoms with E-state index in [2.05, 4.69) is 15.5 Å². The lowest BCUT2D eigenvalue weighted by molar-refractivity contribution is 0.0845. The number of fused-ring (bicyclic) bond motifs is 1. The number of sulfonamides is 1. The van der Waals surface area contributed by atoms with E-state index in [9.17, 15) is 18.0 Å². The summed E-state index contributed by atoms with van der Waals surface area (Å²) in [5.74, 6) is -0.869. The lowest BCUT2D eigenvalue weighted by atomic mass is 10.1. The van der Waals surface area contributed by atoms with E-state index >= 15 is 0 Å². The Morgan fingerprint density at radius 2 is 1.93 bits per heavy atom. The van der Waals surface area contributed by atoms with E-state index in [0.717, 1.165) is 43.4 Å². The number of benzene rings is 1. The Balaban J connectivity index is 0.00000280. The molecule has 0 saturated carbocycles. The lowest BCUT2D eigenvalue weighted by Gasteiger charge is -2.27. The second-order valence-electron chi connectivity index (χ2n) is 7.11. The summed E-state index contributed by atoms with van der Waals surface area (Å²) >= 11 is 0. The van der Waals surface area contributed by atoms with Crippen molar-refractivity contribution in [3.05, 3.63) is 29.3 Å². The average molecular weight is 431 g/mol. The topological polar surface area (TPSA) is 98.8 Å². The summed E-state index contributed by atoms with van der Waals surface area (Å²) < 4.78 is 26.1. The van der Waals surface area contributed by atoms with Crippen molar-refractivity contribution >= 4 is 34.2 Å². The van der Waals surface area contributed by atoms with Gasteiger partial charge in [0.2, 0.25) is 0 Å². The second kappa shape index (κ2) is 9.21. The summed E-state index contributed by atoms with van der Waals surface area (Å²) in [7, 11) is -3.90. The van der Waals surface area contributed by atoms with Gasteiger partial charge >= 0.3 is 0 Å². The maximum atomic E-state index is 12.6. The first-order valence-electron chi connectivity index (χ1n) is 9.26. The standard InChI is InChI=1S/C18H26N4O4S.ClH/c1-13(2)22-18(24)15-5-4-14(12-16(15)27(22,25)26)17(23)20-6-3-9-21-10-7-19-8-11-21;/h4-5,12-13,19H,3,6-11H2,1-2H3,(H,20,23);1H.